The minimum Gasteiger partial charge on any atom is -0.397 e. The summed E-state index contributed by atoms with van der Waals surface area (Å²) in [6, 6.07) is 3.40. The number of anilines is 1. The normalized spacial score (nSPS) is 9.64. The van der Waals surface area contributed by atoms with Gasteiger partial charge in [-0.2, -0.15) is 0 Å². The highest BCUT2D eigenvalue weighted by Gasteiger charge is 2.02. The lowest BCUT2D eigenvalue weighted by Crippen LogP contribution is -2.22. The van der Waals surface area contributed by atoms with E-state index < -0.39 is 0 Å². The Labute approximate surface area is 67.4 Å². The van der Waals surface area contributed by atoms with Crippen molar-refractivity contribution in [2.45, 2.75) is 6.82 Å². The zero-order valence-electron chi connectivity index (χ0n) is 6.82. The van der Waals surface area contributed by atoms with Crippen molar-refractivity contribution in [3.63, 3.8) is 0 Å². The molecular formula is C7H10B2FN. The molecule has 11 heavy (non-hydrogen) atoms. The molecule has 0 heterocycles. The van der Waals surface area contributed by atoms with Gasteiger partial charge in [-0.15, -0.1) is 0 Å². The van der Waals surface area contributed by atoms with Crippen LogP contribution >= 0.6 is 0 Å². The number of rotatable bonds is 1. The van der Waals surface area contributed by atoms with Gasteiger partial charge in [0.1, 0.15) is 13.7 Å². The van der Waals surface area contributed by atoms with Gasteiger partial charge in [-0.05, 0) is 6.07 Å². The molecular weight excluding hydrogens is 139 g/mol. The van der Waals surface area contributed by atoms with Crippen molar-refractivity contribution in [3.05, 3.63) is 17.9 Å². The molecule has 0 fully saturated rings. The molecule has 0 spiro atoms. The standard InChI is InChI=1S/C7H10B2FN/c1-9-4-2-5(8)7(11)6(10)3-4/h2-3,9H,8,11H2,1H3. The van der Waals surface area contributed by atoms with Gasteiger partial charge in [0.2, 0.25) is 0 Å². The van der Waals surface area contributed by atoms with Crippen LogP contribution in [-0.4, -0.2) is 15.1 Å². The summed E-state index contributed by atoms with van der Waals surface area (Å²) in [4.78, 5) is 0. The zero-order chi connectivity index (χ0) is 8.43. The molecule has 1 rings (SSSR count). The Morgan fingerprint density at radius 1 is 1.55 bits per heavy atom. The van der Waals surface area contributed by atoms with Gasteiger partial charge in [-0.25, -0.2) is 4.39 Å². The number of halogens is 1. The van der Waals surface area contributed by atoms with Crippen molar-refractivity contribution in [2.75, 3.05) is 5.73 Å². The average molecular weight is 149 g/mol. The molecule has 0 unspecified atom stereocenters. The molecule has 1 aromatic carbocycles. The maximum absolute atomic E-state index is 12.9. The molecule has 2 N–H and O–H groups in total. The smallest absolute Gasteiger partial charge is 0.154 e. The summed E-state index contributed by atoms with van der Waals surface area (Å²) in [6.07, 6.45) is 0. The van der Waals surface area contributed by atoms with Crippen LogP contribution in [0.3, 0.4) is 0 Å². The van der Waals surface area contributed by atoms with E-state index in [1.165, 1.54) is 6.07 Å². The van der Waals surface area contributed by atoms with Crippen molar-refractivity contribution in [2.24, 2.45) is 0 Å². The second-order valence-electron chi connectivity index (χ2n) is 2.66. The first-order valence-corrected chi connectivity index (χ1v) is 3.69. The second-order valence-corrected chi connectivity index (χ2v) is 2.66. The van der Waals surface area contributed by atoms with Crippen LogP contribution in [0.4, 0.5) is 10.1 Å². The van der Waals surface area contributed by atoms with E-state index in [1.807, 2.05) is 20.7 Å². The first-order chi connectivity index (χ1) is 5.15. The highest BCUT2D eigenvalue weighted by molar-refractivity contribution is 6.53. The van der Waals surface area contributed by atoms with Crippen molar-refractivity contribution in [3.8, 4) is 0 Å². The van der Waals surface area contributed by atoms with Gasteiger partial charge in [-0.3, -0.25) is 0 Å². The molecule has 1 aromatic rings. The van der Waals surface area contributed by atoms with E-state index >= 15 is 0 Å². The van der Waals surface area contributed by atoms with Gasteiger partial charge in [-0.1, -0.05) is 23.8 Å². The predicted octanol–water partition coefficient (Wildman–Crippen LogP) is -1.22. The van der Waals surface area contributed by atoms with Gasteiger partial charge in [0.15, 0.2) is 7.28 Å². The summed E-state index contributed by atoms with van der Waals surface area (Å²) in [5.74, 6) is -0.304. The van der Waals surface area contributed by atoms with Crippen LogP contribution < -0.4 is 16.7 Å². The van der Waals surface area contributed by atoms with Crippen molar-refractivity contribution >= 4 is 31.7 Å². The molecule has 0 aliphatic rings. The fourth-order valence-corrected chi connectivity index (χ4v) is 1.03. The molecule has 0 aliphatic heterocycles. The molecule has 1 nitrogen and oxygen atoms in total. The molecule has 0 saturated carbocycles. The van der Waals surface area contributed by atoms with E-state index in [9.17, 15) is 4.39 Å². The van der Waals surface area contributed by atoms with Gasteiger partial charge < -0.3 is 5.73 Å². The molecule has 0 bridgehead atoms. The summed E-state index contributed by atoms with van der Waals surface area (Å²) in [5.41, 5.74) is 7.51. The highest BCUT2D eigenvalue weighted by Crippen LogP contribution is 2.01. The predicted molar refractivity (Wildman–Crippen MR) is 51.6 cm³/mol. The van der Waals surface area contributed by atoms with Gasteiger partial charge in [0.05, 0.1) is 5.69 Å². The van der Waals surface area contributed by atoms with E-state index in [2.05, 4.69) is 0 Å². The quantitative estimate of drug-likeness (QED) is 0.392. The Kier molecular flexibility index (Phi) is 2.22. The monoisotopic (exact) mass is 149 g/mol. The van der Waals surface area contributed by atoms with Crippen LogP contribution in [0.15, 0.2) is 12.1 Å². The van der Waals surface area contributed by atoms with Gasteiger partial charge in [0.25, 0.3) is 0 Å². The molecule has 4 heteroatoms. The maximum Gasteiger partial charge on any atom is 0.154 e. The molecule has 0 saturated heterocycles. The summed E-state index contributed by atoms with van der Waals surface area (Å²) in [5, 5.41) is 0. The first kappa shape index (κ1) is 8.18. The lowest BCUT2D eigenvalue weighted by Gasteiger charge is -2.03. The van der Waals surface area contributed by atoms with Crippen LogP contribution in [0, 0.1) is 5.82 Å². The summed E-state index contributed by atoms with van der Waals surface area (Å²) in [7, 11) is 2.66. The van der Waals surface area contributed by atoms with Crippen molar-refractivity contribution < 1.29 is 4.39 Å². The van der Waals surface area contributed by atoms with Crippen LogP contribution in [-0.2, 0) is 0 Å². The largest absolute Gasteiger partial charge is 0.397 e. The lowest BCUT2D eigenvalue weighted by atomic mass is 9.71. The third-order valence-electron chi connectivity index (χ3n) is 1.80. The van der Waals surface area contributed by atoms with E-state index in [-0.39, 0.29) is 11.5 Å². The van der Waals surface area contributed by atoms with Crippen LogP contribution in [0.5, 0.6) is 0 Å². The summed E-state index contributed by atoms with van der Waals surface area (Å²) >= 11 is 0. The Balaban J connectivity index is 3.21. The zero-order valence-corrected chi connectivity index (χ0v) is 6.82. The van der Waals surface area contributed by atoms with E-state index in [0.29, 0.717) is 0 Å². The number of benzene rings is 1. The van der Waals surface area contributed by atoms with Gasteiger partial charge in [0, 0.05) is 0 Å². The van der Waals surface area contributed by atoms with E-state index in [0.717, 1.165) is 18.2 Å². The molecule has 0 radical (unpaired) electrons. The number of hydrogen-bond donors (Lipinski definition) is 1. The minimum atomic E-state index is -0.304. The van der Waals surface area contributed by atoms with Crippen LogP contribution in [0.2, 0.25) is 6.82 Å². The number of nitrogen functional groups attached to an aromatic ring is 1. The maximum atomic E-state index is 12.9. The Bertz CT molecular complexity index is 252. The minimum absolute atomic E-state index is 0.266. The fraction of sp³-hybridized carbons (Fsp3) is 0.143. The third kappa shape index (κ3) is 1.56. The Morgan fingerprint density at radius 2 is 2.18 bits per heavy atom. The lowest BCUT2D eigenvalue weighted by molar-refractivity contribution is 0.634. The van der Waals surface area contributed by atoms with E-state index in [4.69, 9.17) is 5.73 Å². The SMILES string of the molecule is Bc1cc(BC)cc(F)c1N. The molecule has 0 atom stereocenters. The third-order valence-corrected chi connectivity index (χ3v) is 1.80. The molecule has 0 amide bonds. The van der Waals surface area contributed by atoms with Gasteiger partial charge >= 0.3 is 0 Å². The highest BCUT2D eigenvalue weighted by atomic mass is 19.1. The van der Waals surface area contributed by atoms with Crippen LogP contribution in [0.1, 0.15) is 0 Å². The number of nitrogens with two attached hydrogens (primary N) is 1. The topological polar surface area (TPSA) is 26.0 Å². The number of hydrogen-bond acceptors (Lipinski definition) is 1. The molecule has 56 valence electrons. The first-order valence-electron chi connectivity index (χ1n) is 3.69. The molecule has 0 aliphatic carbocycles. The summed E-state index contributed by atoms with van der Waals surface area (Å²) in [6.45, 7) is 1.99. The Hall–Kier alpha value is -0.920. The average Bonchev–Trinajstić information content (AvgIpc) is 1.99. The van der Waals surface area contributed by atoms with Crippen molar-refractivity contribution in [1.82, 2.24) is 0 Å². The second kappa shape index (κ2) is 2.99. The summed E-state index contributed by atoms with van der Waals surface area (Å²) < 4.78 is 12.9. The Morgan fingerprint density at radius 3 is 2.64 bits per heavy atom. The van der Waals surface area contributed by atoms with E-state index in [1.54, 1.807) is 0 Å². The molecule has 0 aromatic heterocycles. The fourth-order valence-electron chi connectivity index (χ4n) is 1.03. The van der Waals surface area contributed by atoms with Crippen LogP contribution in [0.25, 0.3) is 0 Å². The van der Waals surface area contributed by atoms with Crippen molar-refractivity contribution in [1.29, 1.82) is 0 Å².